The average Bonchev–Trinajstić information content (AvgIpc) is 2.09. The summed E-state index contributed by atoms with van der Waals surface area (Å²) >= 11 is 0. The Morgan fingerprint density at radius 2 is 1.67 bits per heavy atom. The average molecular weight is 257 g/mol. The van der Waals surface area contributed by atoms with E-state index in [-0.39, 0.29) is 29.4 Å². The van der Waals surface area contributed by atoms with Gasteiger partial charge in [0.2, 0.25) is 11.8 Å². The topological polar surface area (TPSA) is 75.4 Å². The maximum absolute atomic E-state index is 11.8. The van der Waals surface area contributed by atoms with E-state index >= 15 is 0 Å². The molecule has 0 unspecified atom stereocenters. The zero-order chi connectivity index (χ0) is 14.6. The molecule has 3 N–H and O–H groups in total. The molecule has 0 spiro atoms. The molecule has 0 aromatic heterocycles. The van der Waals surface area contributed by atoms with Crippen LogP contribution in [0, 0.1) is 0 Å². The lowest BCUT2D eigenvalue weighted by Crippen LogP contribution is -2.46. The molecule has 0 atom stereocenters. The second-order valence-electron chi connectivity index (χ2n) is 6.54. The van der Waals surface area contributed by atoms with Crippen molar-refractivity contribution in [3.63, 3.8) is 0 Å². The Hall–Kier alpha value is -1.10. The second-order valence-corrected chi connectivity index (χ2v) is 6.54. The molecule has 18 heavy (non-hydrogen) atoms. The molecule has 0 saturated heterocycles. The summed E-state index contributed by atoms with van der Waals surface area (Å²) < 4.78 is 0. The van der Waals surface area contributed by atoms with Crippen LogP contribution in [0.15, 0.2) is 0 Å². The molecule has 0 aromatic carbocycles. The van der Waals surface area contributed by atoms with Crippen molar-refractivity contribution in [3.05, 3.63) is 0 Å². The summed E-state index contributed by atoms with van der Waals surface area (Å²) in [6.07, 6.45) is 0.972. The number of carbonyl (C=O) groups is 2. The number of carbonyl (C=O) groups excluding carboxylic acids is 2. The number of nitrogens with two attached hydrogens (primary N) is 1. The molecular formula is C13H27N3O2. The highest BCUT2D eigenvalue weighted by Crippen LogP contribution is 2.08. The molecule has 0 aliphatic carbocycles. The highest BCUT2D eigenvalue weighted by Gasteiger charge is 2.19. The first-order valence-corrected chi connectivity index (χ1v) is 6.24. The molecule has 2 amide bonds. The molecule has 0 aromatic rings. The minimum Gasteiger partial charge on any atom is -0.350 e. The van der Waals surface area contributed by atoms with E-state index in [1.807, 2.05) is 34.6 Å². The van der Waals surface area contributed by atoms with Gasteiger partial charge in [-0.1, -0.05) is 0 Å². The maximum Gasteiger partial charge on any atom is 0.240 e. The minimum atomic E-state index is -0.357. The van der Waals surface area contributed by atoms with Crippen LogP contribution in [0.4, 0.5) is 0 Å². The van der Waals surface area contributed by atoms with Crippen LogP contribution in [0.25, 0.3) is 0 Å². The summed E-state index contributed by atoms with van der Waals surface area (Å²) in [4.78, 5) is 24.9. The predicted octanol–water partition coefficient (Wildman–Crippen LogP) is 0.877. The van der Waals surface area contributed by atoms with Gasteiger partial charge in [0.05, 0.1) is 6.54 Å². The fourth-order valence-electron chi connectivity index (χ4n) is 1.38. The molecule has 0 aliphatic heterocycles. The van der Waals surface area contributed by atoms with E-state index < -0.39 is 0 Å². The van der Waals surface area contributed by atoms with Crippen LogP contribution in [-0.2, 0) is 9.59 Å². The van der Waals surface area contributed by atoms with E-state index in [1.165, 1.54) is 4.90 Å². The lowest BCUT2D eigenvalue weighted by molar-refractivity contribution is -0.135. The van der Waals surface area contributed by atoms with Gasteiger partial charge in [-0.05, 0) is 41.0 Å². The smallest absolute Gasteiger partial charge is 0.240 e. The van der Waals surface area contributed by atoms with Gasteiger partial charge in [-0.2, -0.15) is 0 Å². The first-order valence-electron chi connectivity index (χ1n) is 6.24. The number of nitrogens with zero attached hydrogens (tertiary/aromatic N) is 1. The number of amides is 2. The van der Waals surface area contributed by atoms with Crippen LogP contribution in [-0.4, -0.2) is 41.4 Å². The van der Waals surface area contributed by atoms with Gasteiger partial charge in [-0.3, -0.25) is 9.59 Å². The van der Waals surface area contributed by atoms with Gasteiger partial charge < -0.3 is 16.0 Å². The molecule has 0 rings (SSSR count). The number of rotatable bonds is 5. The van der Waals surface area contributed by atoms with Gasteiger partial charge in [0.25, 0.3) is 0 Å². The highest BCUT2D eigenvalue weighted by atomic mass is 16.2. The van der Waals surface area contributed by atoms with Crippen molar-refractivity contribution >= 4 is 11.8 Å². The third-order valence-corrected chi connectivity index (χ3v) is 2.30. The van der Waals surface area contributed by atoms with E-state index in [1.54, 1.807) is 7.05 Å². The summed E-state index contributed by atoms with van der Waals surface area (Å²) in [5, 5.41) is 2.82. The Labute approximate surface area is 110 Å². The number of hydrogen-bond donors (Lipinski definition) is 2. The molecular weight excluding hydrogens is 230 g/mol. The van der Waals surface area contributed by atoms with Crippen molar-refractivity contribution in [1.29, 1.82) is 0 Å². The Bertz CT molecular complexity index is 300. The molecule has 0 fully saturated rings. The maximum atomic E-state index is 11.8. The van der Waals surface area contributed by atoms with Crippen LogP contribution in [0.1, 0.15) is 47.5 Å². The van der Waals surface area contributed by atoms with Gasteiger partial charge >= 0.3 is 0 Å². The molecule has 0 aliphatic rings. The highest BCUT2D eigenvalue weighted by molar-refractivity contribution is 5.84. The largest absolute Gasteiger partial charge is 0.350 e. The fraction of sp³-hybridized carbons (Fsp3) is 0.846. The molecule has 0 saturated carbocycles. The molecule has 5 heteroatoms. The minimum absolute atomic E-state index is 0.0578. The van der Waals surface area contributed by atoms with Gasteiger partial charge in [0.15, 0.2) is 0 Å². The van der Waals surface area contributed by atoms with E-state index in [0.717, 1.165) is 0 Å². The summed E-state index contributed by atoms with van der Waals surface area (Å²) in [6.45, 7) is 9.57. The molecule has 0 bridgehead atoms. The Morgan fingerprint density at radius 1 is 1.17 bits per heavy atom. The zero-order valence-corrected chi connectivity index (χ0v) is 12.5. The van der Waals surface area contributed by atoms with E-state index in [2.05, 4.69) is 5.32 Å². The lowest BCUT2D eigenvalue weighted by Gasteiger charge is -2.24. The normalized spacial score (nSPS) is 12.2. The van der Waals surface area contributed by atoms with Gasteiger partial charge in [0.1, 0.15) is 0 Å². The lowest BCUT2D eigenvalue weighted by atomic mass is 10.00. The van der Waals surface area contributed by atoms with E-state index in [9.17, 15) is 9.59 Å². The molecule has 5 nitrogen and oxygen atoms in total. The fourth-order valence-corrected chi connectivity index (χ4v) is 1.38. The summed E-state index contributed by atoms with van der Waals surface area (Å²) in [5.41, 5.74) is 5.18. The number of likely N-dealkylation sites (N-methyl/N-ethyl adjacent to an activating group) is 1. The summed E-state index contributed by atoms with van der Waals surface area (Å²) in [7, 11) is 1.63. The third-order valence-electron chi connectivity index (χ3n) is 2.30. The molecule has 0 radical (unpaired) electrons. The Morgan fingerprint density at radius 3 is 2.06 bits per heavy atom. The molecule has 106 valence electrons. The van der Waals surface area contributed by atoms with Crippen LogP contribution in [0.3, 0.4) is 0 Å². The van der Waals surface area contributed by atoms with Crippen LogP contribution in [0.5, 0.6) is 0 Å². The van der Waals surface area contributed by atoms with E-state index in [4.69, 9.17) is 5.73 Å². The van der Waals surface area contributed by atoms with Gasteiger partial charge in [-0.15, -0.1) is 0 Å². The van der Waals surface area contributed by atoms with Crippen molar-refractivity contribution in [2.24, 2.45) is 5.73 Å². The quantitative estimate of drug-likeness (QED) is 0.767. The van der Waals surface area contributed by atoms with Crippen molar-refractivity contribution < 1.29 is 9.59 Å². The van der Waals surface area contributed by atoms with Crippen molar-refractivity contribution in [3.8, 4) is 0 Å². The first kappa shape index (κ1) is 16.9. The van der Waals surface area contributed by atoms with Crippen molar-refractivity contribution in [1.82, 2.24) is 10.2 Å². The second kappa shape index (κ2) is 6.18. The standard InChI is InChI=1S/C13H27N3O2/c1-12(2,3)15-10(17)9-16(6)11(18)7-8-13(4,5)14/h7-9,14H2,1-6H3,(H,15,17). The van der Waals surface area contributed by atoms with Crippen molar-refractivity contribution in [2.45, 2.75) is 58.5 Å². The Kier molecular flexibility index (Phi) is 5.80. The SMILES string of the molecule is CN(CC(=O)NC(C)(C)C)C(=O)CCC(C)(C)N. The van der Waals surface area contributed by atoms with Gasteiger partial charge in [-0.25, -0.2) is 0 Å². The number of nitrogens with one attached hydrogen (secondary N) is 1. The Balaban J connectivity index is 4.13. The van der Waals surface area contributed by atoms with Crippen molar-refractivity contribution in [2.75, 3.05) is 13.6 Å². The first-order chi connectivity index (χ1) is 7.91. The third kappa shape index (κ3) is 8.98. The summed E-state index contributed by atoms with van der Waals surface area (Å²) in [6, 6.07) is 0. The number of hydrogen-bond acceptors (Lipinski definition) is 3. The van der Waals surface area contributed by atoms with Gasteiger partial charge in [0, 0.05) is 24.5 Å². The predicted molar refractivity (Wildman–Crippen MR) is 73.0 cm³/mol. The molecule has 0 heterocycles. The van der Waals surface area contributed by atoms with Crippen LogP contribution >= 0.6 is 0 Å². The zero-order valence-electron chi connectivity index (χ0n) is 12.5. The monoisotopic (exact) mass is 257 g/mol. The van der Waals surface area contributed by atoms with Crippen LogP contribution < -0.4 is 11.1 Å². The summed E-state index contributed by atoms with van der Waals surface area (Å²) in [5.74, 6) is -0.206. The van der Waals surface area contributed by atoms with E-state index in [0.29, 0.717) is 12.8 Å². The van der Waals surface area contributed by atoms with Crippen LogP contribution in [0.2, 0.25) is 0 Å².